The van der Waals surface area contributed by atoms with E-state index in [1.54, 1.807) is 6.07 Å². The van der Waals surface area contributed by atoms with Gasteiger partial charge in [0.2, 0.25) is 0 Å². The van der Waals surface area contributed by atoms with Crippen LogP contribution in [-0.4, -0.2) is 11.5 Å². The molecular weight excluding hydrogens is 299 g/mol. The number of pyridine rings is 1. The van der Waals surface area contributed by atoms with Crippen LogP contribution in [0.5, 0.6) is 0 Å². The molecule has 0 aliphatic heterocycles. The summed E-state index contributed by atoms with van der Waals surface area (Å²) in [6, 6.07) is 16.8. The van der Waals surface area contributed by atoms with Crippen LogP contribution in [0.2, 0.25) is 5.15 Å². The predicted octanol–water partition coefficient (Wildman–Crippen LogP) is 4.36. The zero-order chi connectivity index (χ0) is 15.4. The summed E-state index contributed by atoms with van der Waals surface area (Å²) in [5, 5.41) is 4.87. The summed E-state index contributed by atoms with van der Waals surface area (Å²) in [5.41, 5.74) is 2.56. The summed E-state index contributed by atoms with van der Waals surface area (Å²) in [6.45, 7) is 1.30. The number of halogens is 2. The van der Waals surface area contributed by atoms with Gasteiger partial charge in [-0.05, 0) is 36.7 Å². The maximum Gasteiger partial charge on any atom is 0.134 e. The van der Waals surface area contributed by atoms with Gasteiger partial charge in [0.05, 0.1) is 5.52 Å². The highest BCUT2D eigenvalue weighted by Gasteiger charge is 2.05. The molecule has 0 aliphatic rings. The zero-order valence-corrected chi connectivity index (χ0v) is 12.8. The minimum atomic E-state index is -0.158. The quantitative estimate of drug-likeness (QED) is 0.559. The van der Waals surface area contributed by atoms with Crippen molar-refractivity contribution < 1.29 is 4.39 Å². The van der Waals surface area contributed by atoms with Crippen LogP contribution in [0.1, 0.15) is 11.1 Å². The number of nitrogens with zero attached hydrogens (tertiary/aromatic N) is 1. The van der Waals surface area contributed by atoms with Gasteiger partial charge >= 0.3 is 0 Å². The summed E-state index contributed by atoms with van der Waals surface area (Å²) < 4.78 is 13.5. The van der Waals surface area contributed by atoms with Crippen LogP contribution in [-0.2, 0) is 13.0 Å². The summed E-state index contributed by atoms with van der Waals surface area (Å²) in [4.78, 5) is 4.39. The molecular formula is C18H16ClFN2. The molecule has 0 saturated heterocycles. The monoisotopic (exact) mass is 314 g/mol. The Kier molecular flexibility index (Phi) is 4.66. The standard InChI is InChI=1S/C18H16ClFN2/c19-18-15(11-14-6-2-4-8-17(14)22-18)12-21-10-9-13-5-1-3-7-16(13)20/h1-8,11,21H,9-10,12H2. The Morgan fingerprint density at radius 2 is 1.77 bits per heavy atom. The molecule has 3 aromatic rings. The molecule has 0 radical (unpaired) electrons. The van der Waals surface area contributed by atoms with E-state index in [1.165, 1.54) is 6.07 Å². The van der Waals surface area contributed by atoms with Gasteiger partial charge in [0.1, 0.15) is 11.0 Å². The number of para-hydroxylation sites is 1. The van der Waals surface area contributed by atoms with E-state index < -0.39 is 0 Å². The fourth-order valence-corrected chi connectivity index (χ4v) is 2.62. The van der Waals surface area contributed by atoms with Crippen LogP contribution < -0.4 is 5.32 Å². The first kappa shape index (κ1) is 14.9. The lowest BCUT2D eigenvalue weighted by Gasteiger charge is -2.08. The maximum atomic E-state index is 13.5. The van der Waals surface area contributed by atoms with E-state index in [4.69, 9.17) is 11.6 Å². The van der Waals surface area contributed by atoms with Crippen LogP contribution in [0, 0.1) is 5.82 Å². The second-order valence-electron chi connectivity index (χ2n) is 5.15. The van der Waals surface area contributed by atoms with Crippen molar-refractivity contribution in [2.24, 2.45) is 0 Å². The van der Waals surface area contributed by atoms with Crippen LogP contribution in [0.25, 0.3) is 10.9 Å². The van der Waals surface area contributed by atoms with Gasteiger partial charge in [-0.25, -0.2) is 9.37 Å². The molecule has 112 valence electrons. The Balaban J connectivity index is 1.62. The molecule has 0 bridgehead atoms. The maximum absolute atomic E-state index is 13.5. The summed E-state index contributed by atoms with van der Waals surface area (Å²) >= 11 is 6.21. The lowest BCUT2D eigenvalue weighted by molar-refractivity contribution is 0.598. The summed E-state index contributed by atoms with van der Waals surface area (Å²) in [6.07, 6.45) is 0.644. The van der Waals surface area contributed by atoms with E-state index in [2.05, 4.69) is 10.3 Å². The van der Waals surface area contributed by atoms with Crippen molar-refractivity contribution in [1.82, 2.24) is 10.3 Å². The van der Waals surface area contributed by atoms with E-state index in [-0.39, 0.29) is 5.82 Å². The number of hydrogen-bond donors (Lipinski definition) is 1. The van der Waals surface area contributed by atoms with Crippen LogP contribution in [0.3, 0.4) is 0 Å². The van der Waals surface area contributed by atoms with Crippen LogP contribution in [0.4, 0.5) is 4.39 Å². The van der Waals surface area contributed by atoms with Gasteiger partial charge in [-0.3, -0.25) is 0 Å². The molecule has 0 amide bonds. The molecule has 0 unspecified atom stereocenters. The predicted molar refractivity (Wildman–Crippen MR) is 88.6 cm³/mol. The minimum Gasteiger partial charge on any atom is -0.312 e. The van der Waals surface area contributed by atoms with E-state index >= 15 is 0 Å². The highest BCUT2D eigenvalue weighted by molar-refractivity contribution is 6.30. The third kappa shape index (κ3) is 3.43. The van der Waals surface area contributed by atoms with E-state index in [0.717, 1.165) is 22.0 Å². The normalized spacial score (nSPS) is 11.0. The molecule has 1 N–H and O–H groups in total. The Labute approximate surface area is 134 Å². The highest BCUT2D eigenvalue weighted by atomic mass is 35.5. The number of nitrogens with one attached hydrogen (secondary N) is 1. The third-order valence-corrected chi connectivity index (χ3v) is 3.92. The summed E-state index contributed by atoms with van der Waals surface area (Å²) in [7, 11) is 0. The van der Waals surface area contributed by atoms with Crippen molar-refractivity contribution in [2.45, 2.75) is 13.0 Å². The van der Waals surface area contributed by atoms with Gasteiger partial charge in [-0.15, -0.1) is 0 Å². The first-order valence-electron chi connectivity index (χ1n) is 7.22. The van der Waals surface area contributed by atoms with Crippen molar-refractivity contribution in [3.05, 3.63) is 76.7 Å². The number of fused-ring (bicyclic) bond motifs is 1. The molecule has 0 saturated carbocycles. The fraction of sp³-hybridized carbons (Fsp3) is 0.167. The second kappa shape index (κ2) is 6.86. The Morgan fingerprint density at radius 3 is 2.64 bits per heavy atom. The molecule has 3 rings (SSSR count). The van der Waals surface area contributed by atoms with Gasteiger partial charge in [0, 0.05) is 17.5 Å². The fourth-order valence-electron chi connectivity index (χ4n) is 2.41. The van der Waals surface area contributed by atoms with Crippen molar-refractivity contribution in [3.63, 3.8) is 0 Å². The third-order valence-electron chi connectivity index (χ3n) is 3.59. The molecule has 1 heterocycles. The van der Waals surface area contributed by atoms with Gasteiger partial charge in [-0.2, -0.15) is 0 Å². The smallest absolute Gasteiger partial charge is 0.134 e. The van der Waals surface area contributed by atoms with Crippen molar-refractivity contribution in [3.8, 4) is 0 Å². The van der Waals surface area contributed by atoms with E-state index in [1.807, 2.05) is 42.5 Å². The Hall–Kier alpha value is -1.97. The largest absolute Gasteiger partial charge is 0.312 e. The molecule has 2 nitrogen and oxygen atoms in total. The van der Waals surface area contributed by atoms with Crippen molar-refractivity contribution in [1.29, 1.82) is 0 Å². The molecule has 0 fully saturated rings. The highest BCUT2D eigenvalue weighted by Crippen LogP contribution is 2.20. The van der Waals surface area contributed by atoms with Crippen molar-refractivity contribution >= 4 is 22.5 Å². The molecule has 0 spiro atoms. The number of aromatic nitrogens is 1. The van der Waals surface area contributed by atoms with Crippen molar-refractivity contribution in [2.75, 3.05) is 6.54 Å². The van der Waals surface area contributed by atoms with Gasteiger partial charge in [0.25, 0.3) is 0 Å². The van der Waals surface area contributed by atoms with E-state index in [0.29, 0.717) is 24.7 Å². The number of rotatable bonds is 5. The molecule has 0 aliphatic carbocycles. The Bertz CT molecular complexity index is 789. The summed E-state index contributed by atoms with van der Waals surface area (Å²) in [5.74, 6) is -0.158. The second-order valence-corrected chi connectivity index (χ2v) is 5.51. The number of benzene rings is 2. The van der Waals surface area contributed by atoms with Crippen LogP contribution >= 0.6 is 11.6 Å². The Morgan fingerprint density at radius 1 is 1.00 bits per heavy atom. The van der Waals surface area contributed by atoms with Crippen LogP contribution in [0.15, 0.2) is 54.6 Å². The van der Waals surface area contributed by atoms with E-state index in [9.17, 15) is 4.39 Å². The molecule has 1 aromatic heterocycles. The lowest BCUT2D eigenvalue weighted by Crippen LogP contribution is -2.17. The zero-order valence-electron chi connectivity index (χ0n) is 12.0. The van der Waals surface area contributed by atoms with Gasteiger partial charge < -0.3 is 5.32 Å². The number of hydrogen-bond acceptors (Lipinski definition) is 2. The lowest BCUT2D eigenvalue weighted by atomic mass is 10.1. The molecule has 2 aromatic carbocycles. The molecule has 0 atom stereocenters. The SMILES string of the molecule is Fc1ccccc1CCNCc1cc2ccccc2nc1Cl. The van der Waals surface area contributed by atoms with Gasteiger partial charge in [0.15, 0.2) is 0 Å². The average Bonchev–Trinajstić information content (AvgIpc) is 2.53. The molecule has 22 heavy (non-hydrogen) atoms. The minimum absolute atomic E-state index is 0.158. The molecule has 4 heteroatoms. The first-order chi connectivity index (χ1) is 10.7. The average molecular weight is 315 g/mol. The topological polar surface area (TPSA) is 24.9 Å². The first-order valence-corrected chi connectivity index (χ1v) is 7.60. The van der Waals surface area contributed by atoms with Gasteiger partial charge in [-0.1, -0.05) is 48.0 Å².